The highest BCUT2D eigenvalue weighted by Gasteiger charge is 2.25. The fraction of sp³-hybridized carbons (Fsp3) is 0.300. The molecule has 1 aliphatic heterocycles. The fourth-order valence-corrected chi connectivity index (χ4v) is 4.15. The Morgan fingerprint density at radius 2 is 2.27 bits per heavy atom. The summed E-state index contributed by atoms with van der Waals surface area (Å²) < 4.78 is 0. The van der Waals surface area contributed by atoms with Gasteiger partial charge in [0.15, 0.2) is 0 Å². The third kappa shape index (κ3) is 3.24. The number of nitrogens with zero attached hydrogens (tertiary/aromatic N) is 2. The van der Waals surface area contributed by atoms with Crippen LogP contribution in [0.15, 0.2) is 41.9 Å². The molecule has 26 heavy (non-hydrogen) atoms. The van der Waals surface area contributed by atoms with E-state index >= 15 is 0 Å². The molecule has 0 saturated carbocycles. The summed E-state index contributed by atoms with van der Waals surface area (Å²) in [6, 6.07) is 10.8. The van der Waals surface area contributed by atoms with Crippen molar-refractivity contribution in [3.8, 4) is 11.3 Å². The highest BCUT2D eigenvalue weighted by Crippen LogP contribution is 2.31. The highest BCUT2D eigenvalue weighted by molar-refractivity contribution is 7.09. The fourth-order valence-electron chi connectivity index (χ4n) is 3.52. The molecule has 6 heteroatoms. The summed E-state index contributed by atoms with van der Waals surface area (Å²) in [5, 5.41) is 6.04. The van der Waals surface area contributed by atoms with Crippen molar-refractivity contribution < 1.29 is 4.79 Å². The lowest BCUT2D eigenvalue weighted by Crippen LogP contribution is -2.37. The second-order valence-corrected chi connectivity index (χ2v) is 7.75. The standard InChI is InChI=1S/C20H22N4OS/c1-13-9-15-5-3-4-6-19(15)24(13)8-7-21-20(25)17-10-16(11-22-17)18-12-26-14(2)23-18/h3-6,10-13,22H,7-9H2,1-2H3,(H,21,25)/t13-/m0/s1. The maximum Gasteiger partial charge on any atom is 0.267 e. The van der Waals surface area contributed by atoms with E-state index in [9.17, 15) is 4.79 Å². The van der Waals surface area contributed by atoms with Crippen LogP contribution in [-0.2, 0) is 6.42 Å². The van der Waals surface area contributed by atoms with Crippen molar-refractivity contribution in [2.24, 2.45) is 0 Å². The maximum absolute atomic E-state index is 12.4. The van der Waals surface area contributed by atoms with Gasteiger partial charge in [-0.15, -0.1) is 11.3 Å². The average Bonchev–Trinajstić information content (AvgIpc) is 3.34. The van der Waals surface area contributed by atoms with Gasteiger partial charge in [-0.2, -0.15) is 0 Å². The van der Waals surface area contributed by atoms with Gasteiger partial charge in [0.05, 0.1) is 10.7 Å². The van der Waals surface area contributed by atoms with Gasteiger partial charge in [0, 0.05) is 42.0 Å². The van der Waals surface area contributed by atoms with E-state index in [0.29, 0.717) is 18.3 Å². The van der Waals surface area contributed by atoms with Crippen LogP contribution in [0.3, 0.4) is 0 Å². The number of carbonyl (C=O) groups is 1. The van der Waals surface area contributed by atoms with E-state index < -0.39 is 0 Å². The molecular formula is C20H22N4OS. The van der Waals surface area contributed by atoms with E-state index in [1.54, 1.807) is 11.3 Å². The molecule has 0 fully saturated rings. The Labute approximate surface area is 157 Å². The summed E-state index contributed by atoms with van der Waals surface area (Å²) in [5.74, 6) is -0.0802. The second kappa shape index (κ2) is 6.96. The van der Waals surface area contributed by atoms with Gasteiger partial charge in [-0.25, -0.2) is 4.98 Å². The molecule has 2 aromatic heterocycles. The molecule has 0 saturated heterocycles. The Bertz CT molecular complexity index is 929. The van der Waals surface area contributed by atoms with Crippen molar-refractivity contribution >= 4 is 22.9 Å². The lowest BCUT2D eigenvalue weighted by atomic mass is 10.1. The molecule has 3 aromatic rings. The lowest BCUT2D eigenvalue weighted by molar-refractivity contribution is 0.0950. The van der Waals surface area contributed by atoms with Gasteiger partial charge in [0.2, 0.25) is 0 Å². The Morgan fingerprint density at radius 1 is 1.42 bits per heavy atom. The number of aromatic nitrogens is 2. The van der Waals surface area contributed by atoms with Gasteiger partial charge in [-0.1, -0.05) is 18.2 Å². The molecule has 0 spiro atoms. The van der Waals surface area contributed by atoms with Crippen LogP contribution in [0.1, 0.15) is 28.0 Å². The monoisotopic (exact) mass is 366 g/mol. The Kier molecular flexibility index (Phi) is 4.51. The van der Waals surface area contributed by atoms with E-state index in [2.05, 4.69) is 51.4 Å². The number of aromatic amines is 1. The van der Waals surface area contributed by atoms with Gasteiger partial charge >= 0.3 is 0 Å². The van der Waals surface area contributed by atoms with E-state index in [0.717, 1.165) is 29.2 Å². The van der Waals surface area contributed by atoms with Gasteiger partial charge < -0.3 is 15.2 Å². The summed E-state index contributed by atoms with van der Waals surface area (Å²) in [6.45, 7) is 5.63. The van der Waals surface area contributed by atoms with Crippen molar-refractivity contribution in [2.75, 3.05) is 18.0 Å². The number of hydrogen-bond acceptors (Lipinski definition) is 4. The topological polar surface area (TPSA) is 61.0 Å². The smallest absolute Gasteiger partial charge is 0.267 e. The minimum absolute atomic E-state index is 0.0802. The molecule has 4 rings (SSSR count). The zero-order valence-electron chi connectivity index (χ0n) is 15.0. The van der Waals surface area contributed by atoms with Gasteiger partial charge in [0.1, 0.15) is 5.69 Å². The maximum atomic E-state index is 12.4. The number of H-pyrrole nitrogens is 1. The van der Waals surface area contributed by atoms with Gasteiger partial charge in [-0.05, 0) is 38.0 Å². The average molecular weight is 366 g/mol. The number of carbonyl (C=O) groups excluding carboxylic acids is 1. The molecule has 1 atom stereocenters. The number of para-hydroxylation sites is 1. The number of benzene rings is 1. The number of anilines is 1. The summed E-state index contributed by atoms with van der Waals surface area (Å²) in [6.07, 6.45) is 2.90. The zero-order chi connectivity index (χ0) is 18.1. The van der Waals surface area contributed by atoms with E-state index in [1.807, 2.05) is 24.6 Å². The first-order chi connectivity index (χ1) is 12.6. The lowest BCUT2D eigenvalue weighted by Gasteiger charge is -2.24. The Balaban J connectivity index is 1.36. The first-order valence-corrected chi connectivity index (χ1v) is 9.73. The van der Waals surface area contributed by atoms with E-state index in [1.165, 1.54) is 11.3 Å². The quantitative estimate of drug-likeness (QED) is 0.725. The summed E-state index contributed by atoms with van der Waals surface area (Å²) >= 11 is 1.61. The van der Waals surface area contributed by atoms with Crippen LogP contribution in [0.25, 0.3) is 11.3 Å². The molecule has 0 bridgehead atoms. The normalized spacial score (nSPS) is 15.9. The molecule has 3 heterocycles. The minimum atomic E-state index is -0.0802. The van der Waals surface area contributed by atoms with Crippen molar-refractivity contribution in [2.45, 2.75) is 26.3 Å². The van der Waals surface area contributed by atoms with E-state index in [4.69, 9.17) is 0 Å². The third-order valence-corrected chi connectivity index (χ3v) is 5.60. The van der Waals surface area contributed by atoms with Crippen LogP contribution >= 0.6 is 11.3 Å². The third-order valence-electron chi connectivity index (χ3n) is 4.83. The number of hydrogen-bond donors (Lipinski definition) is 2. The number of thiazole rings is 1. The molecular weight excluding hydrogens is 344 g/mol. The van der Waals surface area contributed by atoms with Gasteiger partial charge in [0.25, 0.3) is 5.91 Å². The molecule has 2 N–H and O–H groups in total. The van der Waals surface area contributed by atoms with E-state index in [-0.39, 0.29) is 5.91 Å². The van der Waals surface area contributed by atoms with Crippen molar-refractivity contribution in [1.82, 2.24) is 15.3 Å². The van der Waals surface area contributed by atoms with Crippen molar-refractivity contribution in [1.29, 1.82) is 0 Å². The van der Waals surface area contributed by atoms with Crippen LogP contribution in [0, 0.1) is 6.92 Å². The Morgan fingerprint density at radius 3 is 3.08 bits per heavy atom. The van der Waals surface area contributed by atoms with Crippen LogP contribution in [0.2, 0.25) is 0 Å². The van der Waals surface area contributed by atoms with Crippen LogP contribution in [0.4, 0.5) is 5.69 Å². The van der Waals surface area contributed by atoms with Crippen molar-refractivity contribution in [3.05, 3.63) is 58.2 Å². The molecule has 5 nitrogen and oxygen atoms in total. The van der Waals surface area contributed by atoms with Crippen molar-refractivity contribution in [3.63, 3.8) is 0 Å². The largest absolute Gasteiger partial charge is 0.367 e. The SMILES string of the molecule is Cc1nc(-c2c[nH]c(C(=O)NCCN3c4ccccc4C[C@@H]3C)c2)cs1. The molecule has 1 aliphatic rings. The number of aryl methyl sites for hydroxylation is 1. The number of nitrogens with one attached hydrogen (secondary N) is 2. The molecule has 1 aromatic carbocycles. The zero-order valence-corrected chi connectivity index (χ0v) is 15.8. The van der Waals surface area contributed by atoms with Gasteiger partial charge in [-0.3, -0.25) is 4.79 Å². The van der Waals surface area contributed by atoms with Crippen LogP contribution in [0.5, 0.6) is 0 Å². The summed E-state index contributed by atoms with van der Waals surface area (Å²) in [5.41, 5.74) is 5.10. The highest BCUT2D eigenvalue weighted by atomic mass is 32.1. The number of fused-ring (bicyclic) bond motifs is 1. The predicted molar refractivity (Wildman–Crippen MR) is 106 cm³/mol. The molecule has 0 radical (unpaired) electrons. The summed E-state index contributed by atoms with van der Waals surface area (Å²) in [4.78, 5) is 22.3. The first-order valence-electron chi connectivity index (χ1n) is 8.85. The number of rotatable bonds is 5. The molecule has 134 valence electrons. The first kappa shape index (κ1) is 16.8. The minimum Gasteiger partial charge on any atom is -0.367 e. The summed E-state index contributed by atoms with van der Waals surface area (Å²) in [7, 11) is 0. The Hall–Kier alpha value is -2.60. The molecule has 0 unspecified atom stereocenters. The predicted octanol–water partition coefficient (Wildman–Crippen LogP) is 3.63. The molecule has 0 aliphatic carbocycles. The van der Waals surface area contributed by atoms with Crippen LogP contribution < -0.4 is 10.2 Å². The second-order valence-electron chi connectivity index (χ2n) is 6.68. The van der Waals surface area contributed by atoms with Crippen LogP contribution in [-0.4, -0.2) is 35.0 Å². The molecule has 1 amide bonds. The number of amides is 1.